The molecule has 4 nitrogen and oxygen atoms in total. The number of aliphatic hydroxyl groups excluding tert-OH is 1. The Morgan fingerprint density at radius 3 is 2.20 bits per heavy atom. The van der Waals surface area contributed by atoms with Crippen LogP contribution >= 0.6 is 11.3 Å². The van der Waals surface area contributed by atoms with Crippen molar-refractivity contribution in [1.29, 1.82) is 0 Å². The number of carbonyl (C=O) groups excluding carboxylic acids is 1. The summed E-state index contributed by atoms with van der Waals surface area (Å²) in [5, 5.41) is 16.9. The molecular weight excluding hydrogens is 815 g/mol. The van der Waals surface area contributed by atoms with Crippen molar-refractivity contribution in [2.24, 2.45) is 10.8 Å². The van der Waals surface area contributed by atoms with E-state index in [2.05, 4.69) is 92.9 Å². The normalized spacial score (nSPS) is 12.5. The number of ketones is 1. The number of hydrogen-bond donors (Lipinski definition) is 1. The Balaban J connectivity index is 0.000000269. The number of aliphatic hydroxyl groups is 1. The Morgan fingerprint density at radius 2 is 1.54 bits per heavy atom. The van der Waals surface area contributed by atoms with Gasteiger partial charge < -0.3 is 9.52 Å². The summed E-state index contributed by atoms with van der Waals surface area (Å²) in [4.78, 5) is 17.0. The van der Waals surface area contributed by atoms with Crippen molar-refractivity contribution in [2.45, 2.75) is 93.4 Å². The summed E-state index contributed by atoms with van der Waals surface area (Å²) in [5.74, 6) is 1.16. The van der Waals surface area contributed by atoms with Crippen molar-refractivity contribution < 1.29 is 34.4 Å². The third-order valence-electron chi connectivity index (χ3n) is 10.6. The zero-order valence-electron chi connectivity index (χ0n) is 30.9. The van der Waals surface area contributed by atoms with Crippen LogP contribution in [0.2, 0.25) is 0 Å². The van der Waals surface area contributed by atoms with Gasteiger partial charge >= 0.3 is 0 Å². The number of hydrogen-bond acceptors (Lipinski definition) is 5. The number of benzene rings is 3. The van der Waals surface area contributed by atoms with Crippen molar-refractivity contribution in [1.82, 2.24) is 4.98 Å². The third kappa shape index (κ3) is 7.83. The fourth-order valence-corrected chi connectivity index (χ4v) is 7.08. The molecule has 0 saturated heterocycles. The van der Waals surface area contributed by atoms with Gasteiger partial charge in [-0.25, -0.2) is 0 Å². The van der Waals surface area contributed by atoms with Gasteiger partial charge in [0, 0.05) is 64.6 Å². The molecule has 0 unspecified atom stereocenters. The number of allylic oxidation sites excluding steroid dienone is 2. The second-order valence-electron chi connectivity index (χ2n) is 14.6. The fraction of sp³-hybridized carbons (Fsp3) is 0.364. The first kappa shape index (κ1) is 39.2. The molecule has 6 rings (SSSR count). The maximum Gasteiger partial charge on any atom is 0.164 e. The Kier molecular flexibility index (Phi) is 12.4. The quantitative estimate of drug-likeness (QED) is 0.0893. The molecule has 3 heterocycles. The molecule has 0 bridgehead atoms. The van der Waals surface area contributed by atoms with Gasteiger partial charge in [-0.2, -0.15) is 0 Å². The topological polar surface area (TPSA) is 63.3 Å². The second-order valence-corrected chi connectivity index (χ2v) is 15.6. The van der Waals surface area contributed by atoms with Gasteiger partial charge in [0.2, 0.25) is 0 Å². The molecule has 0 saturated carbocycles. The molecular formula is C44H50IrNO3S-. The number of fused-ring (bicyclic) bond motifs is 3. The van der Waals surface area contributed by atoms with Crippen molar-refractivity contribution >= 4 is 48.9 Å². The van der Waals surface area contributed by atoms with Gasteiger partial charge in [0.25, 0.3) is 0 Å². The number of furan rings is 1. The minimum atomic E-state index is -0.337. The molecule has 6 heteroatoms. The number of aromatic nitrogens is 1. The van der Waals surface area contributed by atoms with Crippen molar-refractivity contribution in [2.75, 3.05) is 0 Å². The van der Waals surface area contributed by atoms with Crippen LogP contribution in [0.5, 0.6) is 0 Å². The van der Waals surface area contributed by atoms with Crippen LogP contribution in [0.15, 0.2) is 94.6 Å². The molecule has 265 valence electrons. The standard InChI is InChI=1S/C29H22NOS.C15H28O2.Ir/c1-29(2,3)24-16-20(15-19-7-4-5-9-21(19)24)27-23-17-26(31-25(23)11-13-30-27)22-10-6-8-18-12-14-32-28(18)22;1-7-14(5,8-2)12(16)11-13(17)15(6,9-3)10-4;/h4-14,16-17H,1-3H3;11,16H,7-10H2,1-6H3;/q-1;;/b;12-11-;. The minimum absolute atomic E-state index is 0. The first-order valence-corrected chi connectivity index (χ1v) is 18.4. The summed E-state index contributed by atoms with van der Waals surface area (Å²) in [7, 11) is 0. The largest absolute Gasteiger partial charge is 0.512 e. The van der Waals surface area contributed by atoms with Gasteiger partial charge in [-0.1, -0.05) is 104 Å². The molecule has 3 aromatic carbocycles. The maximum absolute atomic E-state index is 12.2. The van der Waals surface area contributed by atoms with E-state index in [9.17, 15) is 9.90 Å². The van der Waals surface area contributed by atoms with Gasteiger partial charge in [-0.3, -0.25) is 9.78 Å². The number of carbonyl (C=O) groups is 1. The van der Waals surface area contributed by atoms with E-state index in [4.69, 9.17) is 9.40 Å². The van der Waals surface area contributed by atoms with Crippen LogP contribution in [0.3, 0.4) is 0 Å². The Morgan fingerprint density at radius 1 is 0.860 bits per heavy atom. The van der Waals surface area contributed by atoms with Crippen LogP contribution in [0.1, 0.15) is 93.6 Å². The summed E-state index contributed by atoms with van der Waals surface area (Å²) >= 11 is 1.74. The van der Waals surface area contributed by atoms with E-state index in [0.717, 1.165) is 64.6 Å². The SMILES string of the molecule is CC(C)(C)c1cc(-c2nccc3oc(-c4cccc5ccsc45)cc23)[c-]c2ccccc12.CCC(C)(CC)C(=O)/C=C(\O)C(C)(CC)CC.[Ir]. The van der Waals surface area contributed by atoms with Crippen LogP contribution in [0.4, 0.5) is 0 Å². The van der Waals surface area contributed by atoms with Gasteiger partial charge in [-0.15, -0.1) is 40.5 Å². The zero-order chi connectivity index (χ0) is 35.6. The average molecular weight is 865 g/mol. The van der Waals surface area contributed by atoms with Crippen LogP contribution < -0.4 is 0 Å². The first-order chi connectivity index (χ1) is 23.3. The van der Waals surface area contributed by atoms with E-state index < -0.39 is 0 Å². The molecule has 3 aromatic heterocycles. The smallest absolute Gasteiger partial charge is 0.164 e. The molecule has 0 atom stereocenters. The molecule has 0 fully saturated rings. The summed E-state index contributed by atoms with van der Waals surface area (Å²) in [5.41, 5.74) is 4.58. The molecule has 0 amide bonds. The number of nitrogens with zero attached hydrogens (tertiary/aromatic N) is 1. The molecule has 0 aliphatic rings. The van der Waals surface area contributed by atoms with E-state index in [0.29, 0.717) is 0 Å². The summed E-state index contributed by atoms with van der Waals surface area (Å²) in [6.07, 6.45) is 6.58. The summed E-state index contributed by atoms with van der Waals surface area (Å²) in [6, 6.07) is 26.9. The van der Waals surface area contributed by atoms with Crippen LogP contribution in [0, 0.1) is 16.9 Å². The van der Waals surface area contributed by atoms with Crippen molar-refractivity contribution in [3.63, 3.8) is 0 Å². The third-order valence-corrected chi connectivity index (χ3v) is 11.6. The van der Waals surface area contributed by atoms with E-state index >= 15 is 0 Å². The number of rotatable bonds is 9. The Bertz CT molecular complexity index is 2120. The monoisotopic (exact) mass is 865 g/mol. The summed E-state index contributed by atoms with van der Waals surface area (Å²) in [6.45, 7) is 18.8. The predicted molar refractivity (Wildman–Crippen MR) is 208 cm³/mol. The van der Waals surface area contributed by atoms with Crippen LogP contribution in [-0.2, 0) is 30.3 Å². The van der Waals surface area contributed by atoms with Gasteiger partial charge in [-0.05, 0) is 66.1 Å². The fourth-order valence-electron chi connectivity index (χ4n) is 6.16. The van der Waals surface area contributed by atoms with Crippen molar-refractivity contribution in [3.8, 4) is 22.6 Å². The first-order valence-electron chi connectivity index (χ1n) is 17.5. The molecule has 1 radical (unpaired) electrons. The van der Waals surface area contributed by atoms with Crippen molar-refractivity contribution in [3.05, 3.63) is 102 Å². The molecule has 0 aliphatic heterocycles. The Hall–Kier alpha value is -3.57. The van der Waals surface area contributed by atoms with Gasteiger partial charge in [0.1, 0.15) is 17.1 Å². The average Bonchev–Trinajstić information content (AvgIpc) is 3.78. The maximum atomic E-state index is 12.2. The number of pyridine rings is 1. The predicted octanol–water partition coefficient (Wildman–Crippen LogP) is 13.3. The van der Waals surface area contributed by atoms with Gasteiger partial charge in [0.15, 0.2) is 5.78 Å². The Labute approximate surface area is 315 Å². The van der Waals surface area contributed by atoms with E-state index in [1.165, 1.54) is 27.1 Å². The molecule has 1 N–H and O–H groups in total. The van der Waals surface area contributed by atoms with Gasteiger partial charge in [0.05, 0.1) is 0 Å². The minimum Gasteiger partial charge on any atom is -0.512 e. The summed E-state index contributed by atoms with van der Waals surface area (Å²) < 4.78 is 7.58. The van der Waals surface area contributed by atoms with Crippen LogP contribution in [0.25, 0.3) is 54.4 Å². The molecule has 50 heavy (non-hydrogen) atoms. The molecule has 6 aromatic rings. The molecule has 0 aliphatic carbocycles. The second kappa shape index (κ2) is 15.8. The zero-order valence-corrected chi connectivity index (χ0v) is 34.1. The van der Waals surface area contributed by atoms with E-state index in [1.807, 2.05) is 53.8 Å². The number of thiophene rings is 1. The van der Waals surface area contributed by atoms with E-state index in [1.54, 1.807) is 11.3 Å². The van der Waals surface area contributed by atoms with Crippen LogP contribution in [-0.4, -0.2) is 15.9 Å². The van der Waals surface area contributed by atoms with E-state index in [-0.39, 0.29) is 47.9 Å². The molecule has 0 spiro atoms.